The second kappa shape index (κ2) is 8.50. The Morgan fingerprint density at radius 3 is 2.92 bits per heavy atom. The summed E-state index contributed by atoms with van der Waals surface area (Å²) in [6.07, 6.45) is 12.1. The van der Waals surface area contributed by atoms with Crippen molar-refractivity contribution < 1.29 is 9.53 Å². The van der Waals surface area contributed by atoms with E-state index in [0.717, 1.165) is 18.4 Å². The molecule has 2 amide bonds. The van der Waals surface area contributed by atoms with Crippen molar-refractivity contribution in [3.8, 4) is 5.88 Å². The summed E-state index contributed by atoms with van der Waals surface area (Å²) < 4.78 is 7.77. The van der Waals surface area contributed by atoms with Gasteiger partial charge in [0, 0.05) is 43.8 Å². The van der Waals surface area contributed by atoms with Gasteiger partial charge in [0.05, 0.1) is 6.33 Å². The number of nitrogens with zero attached hydrogens (tertiary/aromatic N) is 3. The third kappa shape index (κ3) is 5.48. The zero-order chi connectivity index (χ0) is 17.5. The molecule has 134 valence electrons. The van der Waals surface area contributed by atoms with E-state index < -0.39 is 0 Å². The van der Waals surface area contributed by atoms with Gasteiger partial charge in [-0.1, -0.05) is 6.07 Å². The molecule has 2 aromatic heterocycles. The Bertz CT molecular complexity index is 651. The van der Waals surface area contributed by atoms with Crippen LogP contribution in [0.25, 0.3) is 0 Å². The molecule has 1 saturated carbocycles. The Balaban J connectivity index is 1.39. The highest BCUT2D eigenvalue weighted by Crippen LogP contribution is 2.22. The van der Waals surface area contributed by atoms with Crippen LogP contribution < -0.4 is 15.4 Å². The number of hydrogen-bond donors (Lipinski definition) is 2. The third-order valence-corrected chi connectivity index (χ3v) is 4.26. The van der Waals surface area contributed by atoms with Crippen LogP contribution in [0.3, 0.4) is 0 Å². The number of carbonyl (C=O) groups is 1. The number of nitrogens with one attached hydrogen (secondary N) is 2. The lowest BCUT2D eigenvalue weighted by molar-refractivity contribution is 0.201. The summed E-state index contributed by atoms with van der Waals surface area (Å²) >= 11 is 0. The van der Waals surface area contributed by atoms with Gasteiger partial charge >= 0.3 is 6.03 Å². The van der Waals surface area contributed by atoms with Crippen molar-refractivity contribution in [1.29, 1.82) is 0 Å². The van der Waals surface area contributed by atoms with Crippen LogP contribution in [0.15, 0.2) is 37.1 Å². The first-order valence-corrected chi connectivity index (χ1v) is 8.81. The summed E-state index contributed by atoms with van der Waals surface area (Å²) in [6.45, 7) is 3.07. The van der Waals surface area contributed by atoms with Crippen molar-refractivity contribution in [3.05, 3.63) is 42.6 Å². The SMILES string of the molecule is CC(Cn1ccnc1)NC(=O)NCc1ccc(OC2CCCC2)nc1. The fourth-order valence-electron chi connectivity index (χ4n) is 2.98. The highest BCUT2D eigenvalue weighted by molar-refractivity contribution is 5.74. The number of ether oxygens (including phenoxy) is 1. The summed E-state index contributed by atoms with van der Waals surface area (Å²) in [5.41, 5.74) is 0.941. The van der Waals surface area contributed by atoms with Crippen molar-refractivity contribution in [1.82, 2.24) is 25.2 Å². The predicted octanol–water partition coefficient (Wildman–Crippen LogP) is 2.49. The lowest BCUT2D eigenvalue weighted by atomic mass is 10.3. The van der Waals surface area contributed by atoms with Gasteiger partial charge in [-0.25, -0.2) is 14.8 Å². The zero-order valence-electron chi connectivity index (χ0n) is 14.5. The van der Waals surface area contributed by atoms with Crippen molar-refractivity contribution in [2.24, 2.45) is 0 Å². The second-order valence-corrected chi connectivity index (χ2v) is 6.52. The maximum Gasteiger partial charge on any atom is 0.315 e. The molecule has 1 atom stereocenters. The van der Waals surface area contributed by atoms with Crippen LogP contribution in [-0.2, 0) is 13.1 Å². The number of carbonyl (C=O) groups excluding carboxylic acids is 1. The van der Waals surface area contributed by atoms with E-state index >= 15 is 0 Å². The van der Waals surface area contributed by atoms with Crippen molar-refractivity contribution in [2.75, 3.05) is 0 Å². The Kier molecular flexibility index (Phi) is 5.87. The average Bonchev–Trinajstić information content (AvgIpc) is 3.28. The molecule has 0 radical (unpaired) electrons. The standard InChI is InChI=1S/C18H25N5O2/c1-14(12-23-9-8-19-13-23)22-18(24)21-11-15-6-7-17(20-10-15)25-16-4-2-3-5-16/h6-10,13-14,16H,2-5,11-12H2,1H3,(H2,21,22,24). The Morgan fingerprint density at radius 1 is 1.40 bits per heavy atom. The topological polar surface area (TPSA) is 81.1 Å². The number of imidazole rings is 1. The van der Waals surface area contributed by atoms with E-state index in [9.17, 15) is 4.79 Å². The fourth-order valence-corrected chi connectivity index (χ4v) is 2.98. The lowest BCUT2D eigenvalue weighted by Gasteiger charge is -2.15. The van der Waals surface area contributed by atoms with E-state index in [1.54, 1.807) is 18.7 Å². The van der Waals surface area contributed by atoms with Gasteiger partial charge in [-0.3, -0.25) is 0 Å². The summed E-state index contributed by atoms with van der Waals surface area (Å²) in [7, 11) is 0. The highest BCUT2D eigenvalue weighted by Gasteiger charge is 2.16. The van der Waals surface area contributed by atoms with Crippen LogP contribution in [0.2, 0.25) is 0 Å². The van der Waals surface area contributed by atoms with Gasteiger partial charge in [0.2, 0.25) is 5.88 Å². The van der Waals surface area contributed by atoms with E-state index in [1.165, 1.54) is 12.8 Å². The van der Waals surface area contributed by atoms with Crippen LogP contribution in [0, 0.1) is 0 Å². The van der Waals surface area contributed by atoms with Gasteiger partial charge in [-0.05, 0) is 38.2 Å². The Labute approximate surface area is 147 Å². The molecule has 2 heterocycles. The first kappa shape index (κ1) is 17.3. The normalized spacial score (nSPS) is 15.7. The molecule has 0 bridgehead atoms. The molecule has 7 heteroatoms. The van der Waals surface area contributed by atoms with Gasteiger partial charge < -0.3 is 19.9 Å². The number of amides is 2. The van der Waals surface area contributed by atoms with Crippen LogP contribution >= 0.6 is 0 Å². The van der Waals surface area contributed by atoms with Gasteiger partial charge in [0.25, 0.3) is 0 Å². The largest absolute Gasteiger partial charge is 0.474 e. The molecule has 1 aliphatic carbocycles. The van der Waals surface area contributed by atoms with Crippen LogP contribution in [-0.4, -0.2) is 32.7 Å². The molecule has 0 aliphatic heterocycles. The summed E-state index contributed by atoms with van der Waals surface area (Å²) in [5, 5.41) is 5.75. The smallest absolute Gasteiger partial charge is 0.315 e. The number of rotatable bonds is 7. The zero-order valence-corrected chi connectivity index (χ0v) is 14.5. The minimum atomic E-state index is -0.195. The monoisotopic (exact) mass is 343 g/mol. The van der Waals surface area contributed by atoms with Gasteiger partial charge in [-0.15, -0.1) is 0 Å². The molecule has 25 heavy (non-hydrogen) atoms. The molecule has 2 aromatic rings. The minimum Gasteiger partial charge on any atom is -0.474 e. The lowest BCUT2D eigenvalue weighted by Crippen LogP contribution is -2.42. The van der Waals surface area contributed by atoms with Gasteiger partial charge in [-0.2, -0.15) is 0 Å². The van der Waals surface area contributed by atoms with Gasteiger partial charge in [0.1, 0.15) is 6.10 Å². The molecule has 0 aromatic carbocycles. The Morgan fingerprint density at radius 2 is 2.24 bits per heavy atom. The Hall–Kier alpha value is -2.57. The summed E-state index contributed by atoms with van der Waals surface area (Å²) in [5.74, 6) is 0.661. The predicted molar refractivity (Wildman–Crippen MR) is 94.2 cm³/mol. The highest BCUT2D eigenvalue weighted by atomic mass is 16.5. The molecule has 7 nitrogen and oxygen atoms in total. The van der Waals surface area contributed by atoms with Crippen LogP contribution in [0.1, 0.15) is 38.2 Å². The van der Waals surface area contributed by atoms with Crippen LogP contribution in [0.4, 0.5) is 4.79 Å². The third-order valence-electron chi connectivity index (χ3n) is 4.26. The van der Waals surface area contributed by atoms with Gasteiger partial charge in [0.15, 0.2) is 0 Å². The first-order chi connectivity index (χ1) is 12.2. The first-order valence-electron chi connectivity index (χ1n) is 8.81. The molecular formula is C18H25N5O2. The summed E-state index contributed by atoms with van der Waals surface area (Å²) in [6, 6.07) is 3.62. The average molecular weight is 343 g/mol. The molecule has 0 saturated heterocycles. The minimum absolute atomic E-state index is 0.00881. The van der Waals surface area contributed by atoms with E-state index in [1.807, 2.05) is 29.8 Å². The molecule has 1 unspecified atom stereocenters. The van der Waals surface area contributed by atoms with E-state index in [2.05, 4.69) is 20.6 Å². The fraction of sp³-hybridized carbons (Fsp3) is 0.500. The molecule has 2 N–H and O–H groups in total. The second-order valence-electron chi connectivity index (χ2n) is 6.52. The molecule has 1 fully saturated rings. The molecule has 0 spiro atoms. The summed E-state index contributed by atoms with van der Waals surface area (Å²) in [4.78, 5) is 20.3. The van der Waals surface area contributed by atoms with E-state index in [0.29, 0.717) is 25.1 Å². The molecule has 1 aliphatic rings. The quantitative estimate of drug-likeness (QED) is 0.809. The number of pyridine rings is 1. The molecular weight excluding hydrogens is 318 g/mol. The van der Waals surface area contributed by atoms with E-state index in [-0.39, 0.29) is 12.1 Å². The number of hydrogen-bond acceptors (Lipinski definition) is 4. The number of aromatic nitrogens is 3. The van der Waals surface area contributed by atoms with E-state index in [4.69, 9.17) is 4.74 Å². The van der Waals surface area contributed by atoms with Crippen molar-refractivity contribution in [2.45, 2.75) is 57.8 Å². The molecule has 3 rings (SSSR count). The maximum atomic E-state index is 12.0. The maximum absolute atomic E-state index is 12.0. The van der Waals surface area contributed by atoms with Crippen LogP contribution in [0.5, 0.6) is 5.88 Å². The van der Waals surface area contributed by atoms with Crippen molar-refractivity contribution >= 4 is 6.03 Å². The van der Waals surface area contributed by atoms with Crippen molar-refractivity contribution in [3.63, 3.8) is 0 Å². The number of urea groups is 1.